The van der Waals surface area contributed by atoms with Crippen LogP contribution in [-0.2, 0) is 0 Å². The highest BCUT2D eigenvalue weighted by atomic mass is 16.2. The molecule has 1 amide bonds. The van der Waals surface area contributed by atoms with Crippen LogP contribution in [0.1, 0.15) is 35.4 Å². The second-order valence-electron chi connectivity index (χ2n) is 7.46. The van der Waals surface area contributed by atoms with Crippen LogP contribution in [0.25, 0.3) is 5.69 Å². The average molecular weight is 352 g/mol. The fraction of sp³-hybridized carbons (Fsp3) is 0.450. The van der Waals surface area contributed by atoms with Crippen molar-refractivity contribution in [1.82, 2.24) is 20.0 Å². The van der Waals surface area contributed by atoms with Crippen molar-refractivity contribution < 1.29 is 4.79 Å². The van der Waals surface area contributed by atoms with Crippen LogP contribution in [0.4, 0.5) is 0 Å². The number of likely N-dealkylation sites (tertiary alicyclic amines) is 1. The van der Waals surface area contributed by atoms with Gasteiger partial charge in [0.1, 0.15) is 0 Å². The molecule has 0 saturated carbocycles. The molecule has 0 atom stereocenters. The summed E-state index contributed by atoms with van der Waals surface area (Å²) < 4.78 is 1.67. The fourth-order valence-corrected chi connectivity index (χ4v) is 4.08. The number of piperidine rings is 1. The van der Waals surface area contributed by atoms with E-state index in [2.05, 4.69) is 10.4 Å². The van der Waals surface area contributed by atoms with Crippen molar-refractivity contribution in [3.8, 4) is 5.69 Å². The number of aryl methyl sites for hydroxylation is 1. The molecule has 0 radical (unpaired) electrons. The van der Waals surface area contributed by atoms with E-state index in [1.807, 2.05) is 37.3 Å². The molecule has 0 bridgehead atoms. The van der Waals surface area contributed by atoms with Crippen molar-refractivity contribution in [2.75, 3.05) is 26.2 Å². The Kier molecular flexibility index (Phi) is 4.36. The molecule has 6 nitrogen and oxygen atoms in total. The lowest BCUT2D eigenvalue weighted by atomic mass is 9.78. The van der Waals surface area contributed by atoms with Crippen molar-refractivity contribution in [3.63, 3.8) is 0 Å². The van der Waals surface area contributed by atoms with Gasteiger partial charge in [0.05, 0.1) is 5.69 Å². The third-order valence-electron chi connectivity index (χ3n) is 5.75. The van der Waals surface area contributed by atoms with E-state index in [-0.39, 0.29) is 17.0 Å². The van der Waals surface area contributed by atoms with Crippen molar-refractivity contribution in [2.45, 2.75) is 26.2 Å². The van der Waals surface area contributed by atoms with Gasteiger partial charge in [0.2, 0.25) is 5.43 Å². The molecule has 2 aliphatic rings. The van der Waals surface area contributed by atoms with Gasteiger partial charge in [-0.25, -0.2) is 4.68 Å². The molecule has 3 heterocycles. The number of nitrogens with one attached hydrogen (secondary N) is 1. The molecule has 2 aromatic rings. The summed E-state index contributed by atoms with van der Waals surface area (Å²) >= 11 is 0. The summed E-state index contributed by atoms with van der Waals surface area (Å²) in [7, 11) is 0. The quantitative estimate of drug-likeness (QED) is 0.894. The maximum absolute atomic E-state index is 13.0. The number of aromatic nitrogens is 2. The Morgan fingerprint density at radius 3 is 2.54 bits per heavy atom. The first-order valence-corrected chi connectivity index (χ1v) is 9.24. The Hall–Kier alpha value is -2.47. The van der Waals surface area contributed by atoms with E-state index in [0.29, 0.717) is 24.2 Å². The number of nitrogens with zero attached hydrogens (tertiary/aromatic N) is 3. The molecule has 1 spiro atoms. The van der Waals surface area contributed by atoms with Gasteiger partial charge in [-0.15, -0.1) is 0 Å². The summed E-state index contributed by atoms with van der Waals surface area (Å²) in [6, 6.07) is 11.1. The molecule has 1 aromatic carbocycles. The monoisotopic (exact) mass is 352 g/mol. The molecule has 6 heteroatoms. The Balaban J connectivity index is 1.59. The molecular formula is C20H24N4O2. The summed E-state index contributed by atoms with van der Waals surface area (Å²) in [6.45, 7) is 5.32. The fourth-order valence-electron chi connectivity index (χ4n) is 4.08. The lowest BCUT2D eigenvalue weighted by Gasteiger charge is -2.38. The third kappa shape index (κ3) is 3.05. The molecular weight excluding hydrogens is 328 g/mol. The second-order valence-corrected chi connectivity index (χ2v) is 7.46. The highest BCUT2D eigenvalue weighted by Gasteiger charge is 2.38. The molecule has 4 rings (SSSR count). The van der Waals surface area contributed by atoms with Gasteiger partial charge < -0.3 is 10.2 Å². The van der Waals surface area contributed by atoms with Crippen LogP contribution in [0.2, 0.25) is 0 Å². The Morgan fingerprint density at radius 2 is 1.88 bits per heavy atom. The molecule has 0 aliphatic carbocycles. The lowest BCUT2D eigenvalue weighted by Crippen LogP contribution is -2.45. The zero-order chi connectivity index (χ0) is 18.1. The molecule has 0 unspecified atom stereocenters. The number of carbonyl (C=O) groups excluding carboxylic acids is 1. The number of rotatable bonds is 2. The number of benzene rings is 1. The Bertz CT molecular complexity index is 859. The van der Waals surface area contributed by atoms with E-state index >= 15 is 0 Å². The smallest absolute Gasteiger partial charge is 0.278 e. The molecule has 2 fully saturated rings. The minimum atomic E-state index is -0.303. The van der Waals surface area contributed by atoms with Crippen LogP contribution in [0, 0.1) is 12.3 Å². The molecule has 2 saturated heterocycles. The van der Waals surface area contributed by atoms with Gasteiger partial charge >= 0.3 is 0 Å². The Labute approximate surface area is 152 Å². The van der Waals surface area contributed by atoms with Gasteiger partial charge in [-0.2, -0.15) is 5.10 Å². The molecule has 1 aromatic heterocycles. The number of amides is 1. The molecule has 2 aliphatic heterocycles. The number of hydrogen-bond acceptors (Lipinski definition) is 4. The summed E-state index contributed by atoms with van der Waals surface area (Å²) in [4.78, 5) is 27.2. The van der Waals surface area contributed by atoms with E-state index in [0.717, 1.165) is 31.6 Å². The molecule has 1 N–H and O–H groups in total. The minimum absolute atomic E-state index is 0.0138. The zero-order valence-corrected chi connectivity index (χ0v) is 15.1. The van der Waals surface area contributed by atoms with Crippen molar-refractivity contribution >= 4 is 5.91 Å². The largest absolute Gasteiger partial charge is 0.337 e. The number of hydrogen-bond donors (Lipinski definition) is 1. The summed E-state index contributed by atoms with van der Waals surface area (Å²) in [5, 5.41) is 7.84. The van der Waals surface area contributed by atoms with Crippen molar-refractivity contribution in [2.24, 2.45) is 5.41 Å². The van der Waals surface area contributed by atoms with E-state index in [1.165, 1.54) is 12.5 Å². The zero-order valence-electron chi connectivity index (χ0n) is 15.1. The predicted molar refractivity (Wildman–Crippen MR) is 99.6 cm³/mol. The van der Waals surface area contributed by atoms with E-state index in [9.17, 15) is 9.59 Å². The summed E-state index contributed by atoms with van der Waals surface area (Å²) in [6.07, 6.45) is 3.16. The van der Waals surface area contributed by atoms with Gasteiger partial charge in [-0.1, -0.05) is 18.2 Å². The summed E-state index contributed by atoms with van der Waals surface area (Å²) in [5.41, 5.74) is 1.60. The van der Waals surface area contributed by atoms with Gasteiger partial charge in [0, 0.05) is 31.4 Å². The first kappa shape index (κ1) is 17.0. The lowest BCUT2D eigenvalue weighted by molar-refractivity contribution is 0.0598. The highest BCUT2D eigenvalue weighted by Crippen LogP contribution is 2.37. The Morgan fingerprint density at radius 1 is 1.15 bits per heavy atom. The first-order chi connectivity index (χ1) is 12.6. The first-order valence-electron chi connectivity index (χ1n) is 9.24. The predicted octanol–water partition coefficient (Wildman–Crippen LogP) is 1.76. The third-order valence-corrected chi connectivity index (χ3v) is 5.75. The average Bonchev–Trinajstić information content (AvgIpc) is 3.11. The standard InChI is InChI=1S/C20H24N4O2/c1-15-13-17(25)18(22-24(15)16-5-3-2-4-6-16)19(26)23-11-8-20(9-12-23)7-10-21-14-20/h2-6,13,21H,7-12,14H2,1H3. The van der Waals surface area contributed by atoms with Crippen molar-refractivity contribution in [1.29, 1.82) is 0 Å². The van der Waals surface area contributed by atoms with Gasteiger partial charge in [0.15, 0.2) is 5.69 Å². The number of carbonyl (C=O) groups is 1. The van der Waals surface area contributed by atoms with Crippen LogP contribution in [-0.4, -0.2) is 46.8 Å². The number of para-hydroxylation sites is 1. The van der Waals surface area contributed by atoms with E-state index < -0.39 is 0 Å². The molecule has 26 heavy (non-hydrogen) atoms. The van der Waals surface area contributed by atoms with Crippen LogP contribution in [0.3, 0.4) is 0 Å². The van der Waals surface area contributed by atoms with E-state index in [1.54, 1.807) is 9.58 Å². The van der Waals surface area contributed by atoms with Gasteiger partial charge in [-0.3, -0.25) is 9.59 Å². The van der Waals surface area contributed by atoms with Crippen LogP contribution in [0.5, 0.6) is 0 Å². The minimum Gasteiger partial charge on any atom is -0.337 e. The maximum atomic E-state index is 13.0. The summed E-state index contributed by atoms with van der Waals surface area (Å²) in [5.74, 6) is -0.250. The van der Waals surface area contributed by atoms with Gasteiger partial charge in [-0.05, 0) is 50.3 Å². The second kappa shape index (κ2) is 6.68. The van der Waals surface area contributed by atoms with E-state index in [4.69, 9.17) is 0 Å². The highest BCUT2D eigenvalue weighted by molar-refractivity contribution is 5.92. The van der Waals surface area contributed by atoms with Crippen LogP contribution in [0.15, 0.2) is 41.2 Å². The van der Waals surface area contributed by atoms with Crippen LogP contribution < -0.4 is 10.7 Å². The molecule has 136 valence electrons. The van der Waals surface area contributed by atoms with Gasteiger partial charge in [0.25, 0.3) is 5.91 Å². The topological polar surface area (TPSA) is 67.2 Å². The van der Waals surface area contributed by atoms with Crippen LogP contribution >= 0.6 is 0 Å². The maximum Gasteiger partial charge on any atom is 0.278 e. The normalized spacial score (nSPS) is 19.0. The van der Waals surface area contributed by atoms with Crippen molar-refractivity contribution in [3.05, 3.63) is 58.0 Å². The SMILES string of the molecule is Cc1cc(=O)c(C(=O)N2CCC3(CCNC3)CC2)nn1-c1ccccc1.